The highest BCUT2D eigenvalue weighted by atomic mass is 16.5. The molecule has 27 heavy (non-hydrogen) atoms. The lowest BCUT2D eigenvalue weighted by atomic mass is 10.2. The number of carbonyl (C=O) groups is 1. The number of nitrogens with zero attached hydrogens (tertiary/aromatic N) is 4. The van der Waals surface area contributed by atoms with Crippen molar-refractivity contribution in [2.75, 3.05) is 5.32 Å². The second kappa shape index (κ2) is 7.12. The van der Waals surface area contributed by atoms with Gasteiger partial charge in [-0.05, 0) is 43.3 Å². The Labute approximate surface area is 154 Å². The highest BCUT2D eigenvalue weighted by Crippen LogP contribution is 2.23. The number of aromatic nitrogens is 4. The van der Waals surface area contributed by atoms with Gasteiger partial charge >= 0.3 is 0 Å². The predicted octanol–water partition coefficient (Wildman–Crippen LogP) is 3.61. The highest BCUT2D eigenvalue weighted by molar-refractivity contribution is 6.04. The van der Waals surface area contributed by atoms with Gasteiger partial charge in [-0.25, -0.2) is 9.97 Å². The summed E-state index contributed by atoms with van der Waals surface area (Å²) in [4.78, 5) is 20.5. The number of hydrogen-bond acceptors (Lipinski definition) is 6. The molecule has 0 spiro atoms. The molecule has 0 radical (unpaired) electrons. The topological polar surface area (TPSA) is 95.1 Å². The van der Waals surface area contributed by atoms with E-state index >= 15 is 0 Å². The molecule has 1 N–H and O–H groups in total. The van der Waals surface area contributed by atoms with Crippen LogP contribution in [0.25, 0.3) is 5.82 Å². The summed E-state index contributed by atoms with van der Waals surface area (Å²) >= 11 is 0. The zero-order chi connectivity index (χ0) is 18.6. The Morgan fingerprint density at radius 1 is 1.15 bits per heavy atom. The van der Waals surface area contributed by atoms with Crippen LogP contribution in [0, 0.1) is 6.92 Å². The van der Waals surface area contributed by atoms with Crippen molar-refractivity contribution in [3.05, 3.63) is 78.7 Å². The van der Waals surface area contributed by atoms with Crippen LogP contribution in [0.5, 0.6) is 11.6 Å². The first-order valence-corrected chi connectivity index (χ1v) is 8.15. The standard InChI is InChI=1S/C19H15N5O3/c1-13-16(11-22-27-13)19(25)23-14-4-6-15(7-5-14)26-18-10-17(20-12-21-18)24-8-2-3-9-24/h2-12H,1H3,(H,23,25). The monoisotopic (exact) mass is 361 g/mol. The summed E-state index contributed by atoms with van der Waals surface area (Å²) in [7, 11) is 0. The number of aryl methyl sites for hydroxylation is 1. The minimum Gasteiger partial charge on any atom is -0.439 e. The normalized spacial score (nSPS) is 10.6. The van der Waals surface area contributed by atoms with Gasteiger partial charge in [-0.2, -0.15) is 0 Å². The molecule has 0 aliphatic rings. The number of benzene rings is 1. The summed E-state index contributed by atoms with van der Waals surface area (Å²) in [6.45, 7) is 1.68. The zero-order valence-corrected chi connectivity index (χ0v) is 14.4. The van der Waals surface area contributed by atoms with Gasteiger partial charge in [0.1, 0.15) is 29.2 Å². The van der Waals surface area contributed by atoms with Crippen LogP contribution >= 0.6 is 0 Å². The van der Waals surface area contributed by atoms with Gasteiger partial charge in [0, 0.05) is 24.1 Å². The van der Waals surface area contributed by atoms with E-state index in [4.69, 9.17) is 9.26 Å². The Hall–Kier alpha value is -3.94. The third-order valence-electron chi connectivity index (χ3n) is 3.83. The van der Waals surface area contributed by atoms with Crippen molar-refractivity contribution in [1.82, 2.24) is 19.7 Å². The van der Waals surface area contributed by atoms with Gasteiger partial charge in [0.05, 0.1) is 6.20 Å². The van der Waals surface area contributed by atoms with Gasteiger partial charge in [-0.3, -0.25) is 4.79 Å². The fourth-order valence-corrected chi connectivity index (χ4v) is 2.46. The Kier molecular flexibility index (Phi) is 4.36. The van der Waals surface area contributed by atoms with Gasteiger partial charge in [-0.15, -0.1) is 0 Å². The first-order chi connectivity index (χ1) is 13.2. The van der Waals surface area contributed by atoms with Crippen LogP contribution in [0.1, 0.15) is 16.1 Å². The number of anilines is 1. The Balaban J connectivity index is 1.45. The Morgan fingerprint density at radius 2 is 1.93 bits per heavy atom. The molecule has 0 aliphatic carbocycles. The molecular weight excluding hydrogens is 346 g/mol. The van der Waals surface area contributed by atoms with E-state index in [0.717, 1.165) is 0 Å². The number of amides is 1. The number of carbonyl (C=O) groups excluding carboxylic acids is 1. The van der Waals surface area contributed by atoms with E-state index in [1.165, 1.54) is 12.5 Å². The van der Waals surface area contributed by atoms with Crippen molar-refractivity contribution in [2.24, 2.45) is 0 Å². The van der Waals surface area contributed by atoms with E-state index in [9.17, 15) is 4.79 Å². The number of ether oxygens (including phenoxy) is 1. The second-order valence-electron chi connectivity index (χ2n) is 5.68. The molecule has 0 saturated carbocycles. The largest absolute Gasteiger partial charge is 0.439 e. The first-order valence-electron chi connectivity index (χ1n) is 8.15. The smallest absolute Gasteiger partial charge is 0.260 e. The molecule has 0 atom stereocenters. The summed E-state index contributed by atoms with van der Waals surface area (Å²) in [5, 5.41) is 6.38. The van der Waals surface area contributed by atoms with Crippen molar-refractivity contribution >= 4 is 11.6 Å². The Bertz CT molecular complexity index is 1060. The SMILES string of the molecule is Cc1oncc1C(=O)Nc1ccc(Oc2cc(-n3cccc3)ncn2)cc1. The van der Waals surface area contributed by atoms with Crippen LogP contribution in [0.2, 0.25) is 0 Å². The third kappa shape index (κ3) is 3.69. The van der Waals surface area contributed by atoms with Crippen LogP contribution in [0.15, 0.2) is 71.9 Å². The van der Waals surface area contributed by atoms with E-state index < -0.39 is 0 Å². The molecule has 8 nitrogen and oxygen atoms in total. The maximum Gasteiger partial charge on any atom is 0.260 e. The first kappa shape index (κ1) is 16.5. The van der Waals surface area contributed by atoms with Gasteiger partial charge in [0.2, 0.25) is 5.88 Å². The van der Waals surface area contributed by atoms with Crippen molar-refractivity contribution < 1.29 is 14.1 Å². The summed E-state index contributed by atoms with van der Waals surface area (Å²) in [6.07, 6.45) is 6.61. The maximum absolute atomic E-state index is 12.2. The van der Waals surface area contributed by atoms with Crippen molar-refractivity contribution in [1.29, 1.82) is 0 Å². The molecule has 3 heterocycles. The maximum atomic E-state index is 12.2. The van der Waals surface area contributed by atoms with E-state index in [-0.39, 0.29) is 5.91 Å². The molecule has 4 rings (SSSR count). The molecule has 0 saturated heterocycles. The summed E-state index contributed by atoms with van der Waals surface area (Å²) < 4.78 is 12.5. The number of hydrogen-bond donors (Lipinski definition) is 1. The summed E-state index contributed by atoms with van der Waals surface area (Å²) in [5.41, 5.74) is 1.03. The van der Waals surface area contributed by atoms with E-state index in [1.807, 2.05) is 29.1 Å². The molecule has 4 aromatic rings. The molecule has 0 aliphatic heterocycles. The van der Waals surface area contributed by atoms with Crippen LogP contribution in [0.4, 0.5) is 5.69 Å². The fourth-order valence-electron chi connectivity index (χ4n) is 2.46. The third-order valence-corrected chi connectivity index (χ3v) is 3.83. The van der Waals surface area contributed by atoms with Gasteiger partial charge in [-0.1, -0.05) is 5.16 Å². The van der Waals surface area contributed by atoms with Crippen molar-refractivity contribution in [2.45, 2.75) is 6.92 Å². The number of nitrogens with one attached hydrogen (secondary N) is 1. The second-order valence-corrected chi connectivity index (χ2v) is 5.68. The van der Waals surface area contributed by atoms with E-state index in [2.05, 4.69) is 20.4 Å². The lowest BCUT2D eigenvalue weighted by Gasteiger charge is -2.08. The molecule has 3 aromatic heterocycles. The van der Waals surface area contributed by atoms with Crippen LogP contribution in [0.3, 0.4) is 0 Å². The van der Waals surface area contributed by atoms with Crippen LogP contribution in [-0.2, 0) is 0 Å². The van der Waals surface area contributed by atoms with Crippen molar-refractivity contribution in [3.63, 3.8) is 0 Å². The minimum atomic E-state index is -0.283. The lowest BCUT2D eigenvalue weighted by molar-refractivity contribution is 0.102. The van der Waals surface area contributed by atoms with Gasteiger partial charge in [0.25, 0.3) is 5.91 Å². The van der Waals surface area contributed by atoms with Crippen LogP contribution < -0.4 is 10.1 Å². The van der Waals surface area contributed by atoms with Crippen LogP contribution in [-0.4, -0.2) is 25.6 Å². The number of rotatable bonds is 5. The summed E-state index contributed by atoms with van der Waals surface area (Å²) in [5.74, 6) is 1.90. The lowest BCUT2D eigenvalue weighted by Crippen LogP contribution is -2.11. The molecule has 0 unspecified atom stereocenters. The average molecular weight is 361 g/mol. The molecule has 134 valence electrons. The summed E-state index contributed by atoms with van der Waals surface area (Å²) in [6, 6.07) is 12.5. The minimum absolute atomic E-state index is 0.283. The van der Waals surface area contributed by atoms with Crippen molar-refractivity contribution in [3.8, 4) is 17.4 Å². The fraction of sp³-hybridized carbons (Fsp3) is 0.0526. The molecular formula is C19H15N5O3. The molecule has 0 fully saturated rings. The quantitative estimate of drug-likeness (QED) is 0.583. The van der Waals surface area contributed by atoms with Gasteiger partial charge in [0.15, 0.2) is 0 Å². The van der Waals surface area contributed by atoms with E-state index in [0.29, 0.717) is 34.5 Å². The van der Waals surface area contributed by atoms with Gasteiger partial charge < -0.3 is 19.1 Å². The molecule has 1 amide bonds. The zero-order valence-electron chi connectivity index (χ0n) is 14.4. The Morgan fingerprint density at radius 3 is 2.63 bits per heavy atom. The molecule has 8 heteroatoms. The van der Waals surface area contributed by atoms with E-state index in [1.54, 1.807) is 37.3 Å². The molecule has 0 bridgehead atoms. The average Bonchev–Trinajstić information content (AvgIpc) is 3.35. The predicted molar refractivity (Wildman–Crippen MR) is 97.1 cm³/mol. The highest BCUT2D eigenvalue weighted by Gasteiger charge is 2.13. The molecule has 1 aromatic carbocycles.